The van der Waals surface area contributed by atoms with E-state index in [0.717, 1.165) is 10.0 Å². The zero-order valence-corrected chi connectivity index (χ0v) is 11.8. The smallest absolute Gasteiger partial charge is 0.110 e. The largest absolute Gasteiger partial charge is 0.239 e. The van der Waals surface area contributed by atoms with Crippen LogP contribution in [0.25, 0.3) is 28.5 Å². The standard InChI is InChI=1S/C10H6N2S4/c1-3-11-5-7-8(15-9(5)13-3)6-10(16-7)14-4(2)12-6/h1-2H3. The molecule has 0 radical (unpaired) electrons. The van der Waals surface area contributed by atoms with Crippen LogP contribution in [0.5, 0.6) is 0 Å². The average molecular weight is 282 g/mol. The number of hydrogen-bond acceptors (Lipinski definition) is 6. The van der Waals surface area contributed by atoms with Gasteiger partial charge in [-0.3, -0.25) is 0 Å². The molecule has 0 unspecified atom stereocenters. The van der Waals surface area contributed by atoms with Crippen LogP contribution in [0.1, 0.15) is 10.0 Å². The molecule has 6 heteroatoms. The van der Waals surface area contributed by atoms with Crippen LogP contribution in [0, 0.1) is 13.8 Å². The summed E-state index contributed by atoms with van der Waals surface area (Å²) in [6.45, 7) is 4.14. The summed E-state index contributed by atoms with van der Waals surface area (Å²) in [6, 6.07) is 0. The number of thiophene rings is 2. The summed E-state index contributed by atoms with van der Waals surface area (Å²) in [5.74, 6) is 0. The molecule has 0 N–H and O–H groups in total. The molecule has 0 saturated carbocycles. The van der Waals surface area contributed by atoms with E-state index in [2.05, 4.69) is 23.8 Å². The van der Waals surface area contributed by atoms with E-state index in [9.17, 15) is 0 Å². The van der Waals surface area contributed by atoms with Crippen molar-refractivity contribution in [2.45, 2.75) is 13.8 Å². The van der Waals surface area contributed by atoms with E-state index in [1.54, 1.807) is 22.7 Å². The van der Waals surface area contributed by atoms with Crippen molar-refractivity contribution in [1.29, 1.82) is 0 Å². The number of aryl methyl sites for hydroxylation is 2. The third kappa shape index (κ3) is 1.10. The second-order valence-electron chi connectivity index (χ2n) is 3.60. The highest BCUT2D eigenvalue weighted by Gasteiger charge is 2.17. The molecule has 4 heterocycles. The molecule has 0 fully saturated rings. The number of rotatable bonds is 0. The van der Waals surface area contributed by atoms with Crippen molar-refractivity contribution < 1.29 is 0 Å². The Morgan fingerprint density at radius 3 is 1.56 bits per heavy atom. The van der Waals surface area contributed by atoms with Gasteiger partial charge in [0.2, 0.25) is 0 Å². The highest BCUT2D eigenvalue weighted by Crippen LogP contribution is 2.46. The Hall–Kier alpha value is -0.560. The highest BCUT2D eigenvalue weighted by atomic mass is 32.2. The van der Waals surface area contributed by atoms with E-state index in [-0.39, 0.29) is 0 Å². The Kier molecular flexibility index (Phi) is 1.78. The molecule has 4 rings (SSSR count). The molecule has 0 bridgehead atoms. The molecule has 0 spiro atoms. The van der Waals surface area contributed by atoms with Gasteiger partial charge in [0.1, 0.15) is 19.1 Å². The van der Waals surface area contributed by atoms with Crippen LogP contribution in [0.4, 0.5) is 0 Å². The Morgan fingerprint density at radius 2 is 1.12 bits per heavy atom. The lowest BCUT2D eigenvalue weighted by Crippen LogP contribution is -1.65. The van der Waals surface area contributed by atoms with Crippen LogP contribution in [-0.2, 0) is 0 Å². The van der Waals surface area contributed by atoms with Gasteiger partial charge < -0.3 is 0 Å². The first-order valence-electron chi connectivity index (χ1n) is 4.78. The Labute approximate surface area is 107 Å². The van der Waals surface area contributed by atoms with Gasteiger partial charge in [0.05, 0.1) is 19.4 Å². The molecule has 0 aromatic carbocycles. The van der Waals surface area contributed by atoms with E-state index in [1.165, 1.54) is 28.5 Å². The summed E-state index contributed by atoms with van der Waals surface area (Å²) in [6.07, 6.45) is 0. The van der Waals surface area contributed by atoms with Crippen molar-refractivity contribution in [3.8, 4) is 0 Å². The summed E-state index contributed by atoms with van der Waals surface area (Å²) in [5, 5.41) is 2.31. The molecule has 0 aliphatic rings. The molecule has 0 atom stereocenters. The Balaban J connectivity index is 2.28. The van der Waals surface area contributed by atoms with Crippen LogP contribution in [0.3, 0.4) is 0 Å². The van der Waals surface area contributed by atoms with Gasteiger partial charge in [0.15, 0.2) is 0 Å². The summed E-state index contributed by atoms with van der Waals surface area (Å²) in [7, 11) is 0. The second-order valence-corrected chi connectivity index (χ2v) is 8.56. The molecule has 0 aliphatic carbocycles. The second kappa shape index (κ2) is 3.01. The first-order valence-corrected chi connectivity index (χ1v) is 8.04. The molecular formula is C10H6N2S4. The van der Waals surface area contributed by atoms with Gasteiger partial charge in [-0.05, 0) is 13.8 Å². The lowest BCUT2D eigenvalue weighted by molar-refractivity contribution is 1.35. The van der Waals surface area contributed by atoms with Crippen LogP contribution in [0.2, 0.25) is 0 Å². The predicted octanol–water partition coefficient (Wildman–Crippen LogP) is 4.80. The molecule has 0 amide bonds. The van der Waals surface area contributed by atoms with Gasteiger partial charge in [-0.25, -0.2) is 9.97 Å². The molecule has 0 saturated heterocycles. The zero-order valence-electron chi connectivity index (χ0n) is 8.53. The maximum atomic E-state index is 4.61. The summed E-state index contributed by atoms with van der Waals surface area (Å²) >= 11 is 7.26. The van der Waals surface area contributed by atoms with Gasteiger partial charge in [0, 0.05) is 0 Å². The Morgan fingerprint density at radius 1 is 0.688 bits per heavy atom. The van der Waals surface area contributed by atoms with Crippen molar-refractivity contribution >= 4 is 73.8 Å². The van der Waals surface area contributed by atoms with Crippen molar-refractivity contribution in [2.75, 3.05) is 0 Å². The molecule has 4 aromatic rings. The van der Waals surface area contributed by atoms with Crippen LogP contribution in [0.15, 0.2) is 0 Å². The Bertz CT molecular complexity index is 759. The minimum Gasteiger partial charge on any atom is -0.239 e. The lowest BCUT2D eigenvalue weighted by atomic mass is 10.4. The summed E-state index contributed by atoms with van der Waals surface area (Å²) in [5.41, 5.74) is 2.38. The number of hydrogen-bond donors (Lipinski definition) is 0. The van der Waals surface area contributed by atoms with Crippen molar-refractivity contribution in [1.82, 2.24) is 9.97 Å². The van der Waals surface area contributed by atoms with E-state index >= 15 is 0 Å². The maximum absolute atomic E-state index is 4.61. The zero-order chi connectivity index (χ0) is 10.9. The minimum atomic E-state index is 1.16. The molecule has 16 heavy (non-hydrogen) atoms. The van der Waals surface area contributed by atoms with Gasteiger partial charge in [-0.15, -0.1) is 45.3 Å². The quantitative estimate of drug-likeness (QED) is 0.463. The summed E-state index contributed by atoms with van der Waals surface area (Å²) in [4.78, 5) is 9.23. The highest BCUT2D eigenvalue weighted by molar-refractivity contribution is 7.48. The maximum Gasteiger partial charge on any atom is 0.110 e. The monoisotopic (exact) mass is 282 g/mol. The molecule has 2 nitrogen and oxygen atoms in total. The number of aromatic nitrogens is 2. The number of fused-ring (bicyclic) bond motifs is 5. The van der Waals surface area contributed by atoms with E-state index in [1.807, 2.05) is 22.7 Å². The fourth-order valence-electron chi connectivity index (χ4n) is 1.83. The molecule has 80 valence electrons. The van der Waals surface area contributed by atoms with Crippen molar-refractivity contribution in [2.24, 2.45) is 0 Å². The third-order valence-electron chi connectivity index (χ3n) is 2.43. The molecule has 4 aromatic heterocycles. The van der Waals surface area contributed by atoms with Crippen LogP contribution in [-0.4, -0.2) is 9.97 Å². The van der Waals surface area contributed by atoms with Crippen LogP contribution >= 0.6 is 45.3 Å². The van der Waals surface area contributed by atoms with Gasteiger partial charge in [0.25, 0.3) is 0 Å². The normalized spacial score (nSPS) is 12.4. The van der Waals surface area contributed by atoms with Gasteiger partial charge >= 0.3 is 0 Å². The third-order valence-corrected chi connectivity index (χ3v) is 7.05. The van der Waals surface area contributed by atoms with Crippen molar-refractivity contribution in [3.63, 3.8) is 0 Å². The predicted molar refractivity (Wildman–Crippen MR) is 75.5 cm³/mol. The molecular weight excluding hydrogens is 276 g/mol. The SMILES string of the molecule is Cc1nc2c(s1)sc1c3nc(C)sc3sc21. The minimum absolute atomic E-state index is 1.16. The van der Waals surface area contributed by atoms with Gasteiger partial charge in [-0.1, -0.05) is 0 Å². The van der Waals surface area contributed by atoms with Crippen molar-refractivity contribution in [3.05, 3.63) is 10.0 Å². The first kappa shape index (κ1) is 9.47. The average Bonchev–Trinajstić information content (AvgIpc) is 2.85. The lowest BCUT2D eigenvalue weighted by Gasteiger charge is -1.78. The number of nitrogens with zero attached hydrogens (tertiary/aromatic N) is 2. The van der Waals surface area contributed by atoms with E-state index in [4.69, 9.17) is 0 Å². The summed E-state index contributed by atoms with van der Waals surface area (Å²) < 4.78 is 5.34. The molecule has 0 aliphatic heterocycles. The number of thiazole rings is 2. The van der Waals surface area contributed by atoms with Gasteiger partial charge in [-0.2, -0.15) is 0 Å². The fraction of sp³-hybridized carbons (Fsp3) is 0.200. The van der Waals surface area contributed by atoms with Crippen LogP contribution < -0.4 is 0 Å². The fourth-order valence-corrected chi connectivity index (χ4v) is 6.92. The van der Waals surface area contributed by atoms with E-state index in [0.29, 0.717) is 0 Å². The topological polar surface area (TPSA) is 25.8 Å². The first-order chi connectivity index (χ1) is 7.72. The van der Waals surface area contributed by atoms with E-state index < -0.39 is 0 Å².